The Kier molecular flexibility index (Phi) is 4.33. The van der Waals surface area contributed by atoms with Crippen molar-refractivity contribution in [2.75, 3.05) is 11.9 Å². The number of hydrogen-bond acceptors (Lipinski definition) is 2. The van der Waals surface area contributed by atoms with Crippen molar-refractivity contribution in [2.45, 2.75) is 32.8 Å². The van der Waals surface area contributed by atoms with Crippen LogP contribution in [0.25, 0.3) is 0 Å². The van der Waals surface area contributed by atoms with Gasteiger partial charge in [-0.15, -0.1) is 0 Å². The Morgan fingerprint density at radius 1 is 1.50 bits per heavy atom. The summed E-state index contributed by atoms with van der Waals surface area (Å²) < 4.78 is 13.8. The maximum absolute atomic E-state index is 13.3. The zero-order chi connectivity index (χ0) is 12.3. The topological polar surface area (TPSA) is 32.3 Å². The summed E-state index contributed by atoms with van der Waals surface area (Å²) in [5, 5.41) is 12.9. The molecular formula is C12H17BrFNO. The molecule has 1 aromatic carbocycles. The lowest BCUT2D eigenvalue weighted by Crippen LogP contribution is -2.32. The van der Waals surface area contributed by atoms with Crippen LogP contribution in [0.15, 0.2) is 16.6 Å². The Labute approximate surface area is 104 Å². The van der Waals surface area contributed by atoms with Crippen molar-refractivity contribution in [2.24, 2.45) is 0 Å². The second-order valence-electron chi connectivity index (χ2n) is 4.29. The molecule has 16 heavy (non-hydrogen) atoms. The lowest BCUT2D eigenvalue weighted by molar-refractivity contribution is 0.0697. The van der Waals surface area contributed by atoms with Crippen molar-refractivity contribution in [1.82, 2.24) is 0 Å². The largest absolute Gasteiger partial charge is 0.388 e. The van der Waals surface area contributed by atoms with Gasteiger partial charge in [-0.25, -0.2) is 4.39 Å². The van der Waals surface area contributed by atoms with E-state index in [9.17, 15) is 9.50 Å². The highest BCUT2D eigenvalue weighted by molar-refractivity contribution is 9.10. The van der Waals surface area contributed by atoms with E-state index in [1.54, 1.807) is 13.0 Å². The van der Waals surface area contributed by atoms with Crippen LogP contribution in [0.5, 0.6) is 0 Å². The monoisotopic (exact) mass is 289 g/mol. The van der Waals surface area contributed by atoms with Gasteiger partial charge in [0.2, 0.25) is 0 Å². The van der Waals surface area contributed by atoms with E-state index in [0.717, 1.165) is 11.3 Å². The Balaban J connectivity index is 2.79. The third-order valence-corrected chi connectivity index (χ3v) is 3.30. The predicted molar refractivity (Wildman–Crippen MR) is 68.2 cm³/mol. The fourth-order valence-corrected chi connectivity index (χ4v) is 1.71. The molecule has 1 atom stereocenters. The molecule has 1 aromatic rings. The van der Waals surface area contributed by atoms with Crippen LogP contribution in [-0.2, 0) is 0 Å². The van der Waals surface area contributed by atoms with E-state index in [4.69, 9.17) is 0 Å². The Morgan fingerprint density at radius 2 is 2.12 bits per heavy atom. The van der Waals surface area contributed by atoms with Crippen LogP contribution in [0.1, 0.15) is 25.8 Å². The van der Waals surface area contributed by atoms with Gasteiger partial charge in [-0.2, -0.15) is 0 Å². The SMILES string of the molecule is CCC(C)(O)CNc1cc(F)c(Br)cc1C. The molecule has 0 aliphatic rings. The zero-order valence-corrected chi connectivity index (χ0v) is 11.4. The van der Waals surface area contributed by atoms with Crippen molar-refractivity contribution >= 4 is 21.6 Å². The Bertz CT molecular complexity index is 380. The molecule has 90 valence electrons. The second-order valence-corrected chi connectivity index (χ2v) is 5.14. The normalized spacial score (nSPS) is 14.6. The maximum Gasteiger partial charge on any atom is 0.139 e. The molecule has 0 aromatic heterocycles. The molecule has 0 spiro atoms. The number of aryl methyl sites for hydroxylation is 1. The first-order valence-corrected chi connectivity index (χ1v) is 6.07. The van der Waals surface area contributed by atoms with Gasteiger partial charge in [-0.05, 0) is 53.9 Å². The van der Waals surface area contributed by atoms with E-state index in [2.05, 4.69) is 21.2 Å². The van der Waals surface area contributed by atoms with Crippen LogP contribution in [0.4, 0.5) is 10.1 Å². The molecule has 2 N–H and O–H groups in total. The van der Waals surface area contributed by atoms with Gasteiger partial charge in [0, 0.05) is 12.2 Å². The van der Waals surface area contributed by atoms with Gasteiger partial charge in [0.25, 0.3) is 0 Å². The molecule has 0 saturated carbocycles. The van der Waals surface area contributed by atoms with Crippen LogP contribution in [0.3, 0.4) is 0 Å². The van der Waals surface area contributed by atoms with E-state index in [-0.39, 0.29) is 5.82 Å². The molecule has 0 aliphatic carbocycles. The Morgan fingerprint density at radius 3 is 2.69 bits per heavy atom. The van der Waals surface area contributed by atoms with E-state index >= 15 is 0 Å². The zero-order valence-electron chi connectivity index (χ0n) is 9.77. The number of halogens is 2. The van der Waals surface area contributed by atoms with Crippen molar-refractivity contribution in [3.05, 3.63) is 28.0 Å². The molecule has 4 heteroatoms. The Hall–Kier alpha value is -0.610. The standard InChI is InChI=1S/C12H17BrFNO/c1-4-12(3,16)7-15-11-6-10(14)9(13)5-8(11)2/h5-6,15-16H,4,7H2,1-3H3. The smallest absolute Gasteiger partial charge is 0.139 e. The molecule has 0 radical (unpaired) electrons. The lowest BCUT2D eigenvalue weighted by Gasteiger charge is -2.23. The third kappa shape index (κ3) is 3.46. The quantitative estimate of drug-likeness (QED) is 0.890. The van der Waals surface area contributed by atoms with E-state index in [0.29, 0.717) is 17.4 Å². The summed E-state index contributed by atoms with van der Waals surface area (Å²) in [5.41, 5.74) is 0.894. The first-order valence-electron chi connectivity index (χ1n) is 5.27. The van der Waals surface area contributed by atoms with E-state index < -0.39 is 5.60 Å². The fourth-order valence-electron chi connectivity index (χ4n) is 1.25. The van der Waals surface area contributed by atoms with Crippen molar-refractivity contribution in [3.8, 4) is 0 Å². The number of benzene rings is 1. The van der Waals surface area contributed by atoms with Crippen LogP contribution >= 0.6 is 15.9 Å². The summed E-state index contributed by atoms with van der Waals surface area (Å²) in [5.74, 6) is -0.302. The molecule has 1 unspecified atom stereocenters. The second kappa shape index (κ2) is 5.15. The summed E-state index contributed by atoms with van der Waals surface area (Å²) in [6, 6.07) is 3.16. The summed E-state index contributed by atoms with van der Waals surface area (Å²) in [4.78, 5) is 0. The predicted octanol–water partition coefficient (Wildman–Crippen LogP) is 3.47. The molecule has 0 aliphatic heterocycles. The molecule has 0 saturated heterocycles. The minimum Gasteiger partial charge on any atom is -0.388 e. The molecular weight excluding hydrogens is 273 g/mol. The van der Waals surface area contributed by atoms with Gasteiger partial charge in [0.05, 0.1) is 10.1 Å². The highest BCUT2D eigenvalue weighted by Crippen LogP contribution is 2.24. The van der Waals surface area contributed by atoms with Crippen LogP contribution in [-0.4, -0.2) is 17.3 Å². The third-order valence-electron chi connectivity index (χ3n) is 2.69. The number of rotatable bonds is 4. The highest BCUT2D eigenvalue weighted by atomic mass is 79.9. The average molecular weight is 290 g/mol. The number of anilines is 1. The van der Waals surface area contributed by atoms with Gasteiger partial charge >= 0.3 is 0 Å². The number of nitrogens with one attached hydrogen (secondary N) is 1. The number of aliphatic hydroxyl groups is 1. The van der Waals surface area contributed by atoms with Crippen LogP contribution < -0.4 is 5.32 Å². The maximum atomic E-state index is 13.3. The number of hydrogen-bond donors (Lipinski definition) is 2. The molecule has 0 fully saturated rings. The fraction of sp³-hybridized carbons (Fsp3) is 0.500. The van der Waals surface area contributed by atoms with Gasteiger partial charge in [-0.3, -0.25) is 0 Å². The molecule has 0 amide bonds. The van der Waals surface area contributed by atoms with Crippen molar-refractivity contribution in [1.29, 1.82) is 0 Å². The highest BCUT2D eigenvalue weighted by Gasteiger charge is 2.17. The van der Waals surface area contributed by atoms with E-state index in [1.807, 2.05) is 13.8 Å². The molecule has 1 rings (SSSR count). The first-order chi connectivity index (χ1) is 7.35. The molecule has 2 nitrogen and oxygen atoms in total. The van der Waals surface area contributed by atoms with Gasteiger partial charge < -0.3 is 10.4 Å². The van der Waals surface area contributed by atoms with Gasteiger partial charge in [-0.1, -0.05) is 6.92 Å². The summed E-state index contributed by atoms with van der Waals surface area (Å²) in [7, 11) is 0. The first kappa shape index (κ1) is 13.5. The van der Waals surface area contributed by atoms with Crippen LogP contribution in [0, 0.1) is 12.7 Å². The van der Waals surface area contributed by atoms with Crippen LogP contribution in [0.2, 0.25) is 0 Å². The van der Waals surface area contributed by atoms with Crippen molar-refractivity contribution < 1.29 is 9.50 Å². The van der Waals surface area contributed by atoms with Crippen molar-refractivity contribution in [3.63, 3.8) is 0 Å². The summed E-state index contributed by atoms with van der Waals surface area (Å²) in [6.07, 6.45) is 0.651. The molecule has 0 heterocycles. The summed E-state index contributed by atoms with van der Waals surface area (Å²) in [6.45, 7) is 5.97. The minimum atomic E-state index is -0.768. The lowest BCUT2D eigenvalue weighted by atomic mass is 10.0. The van der Waals surface area contributed by atoms with E-state index in [1.165, 1.54) is 6.07 Å². The van der Waals surface area contributed by atoms with Gasteiger partial charge in [0.1, 0.15) is 5.82 Å². The average Bonchev–Trinajstić information content (AvgIpc) is 2.22. The summed E-state index contributed by atoms with van der Waals surface area (Å²) >= 11 is 3.13. The molecule has 0 bridgehead atoms. The minimum absolute atomic E-state index is 0.302. The van der Waals surface area contributed by atoms with Gasteiger partial charge in [0.15, 0.2) is 0 Å².